The van der Waals surface area contributed by atoms with Gasteiger partial charge in [0.05, 0.1) is 0 Å². The maximum absolute atomic E-state index is 5.75. The average Bonchev–Trinajstić information content (AvgIpc) is 2.33. The van der Waals surface area contributed by atoms with E-state index in [1.54, 1.807) is 0 Å². The molecule has 0 aliphatic carbocycles. The molecular formula is C14H15BrN2O. The van der Waals surface area contributed by atoms with Gasteiger partial charge in [0, 0.05) is 22.8 Å². The molecule has 0 radical (unpaired) electrons. The third-order valence-corrected chi connectivity index (χ3v) is 3.47. The highest BCUT2D eigenvalue weighted by atomic mass is 79.9. The Balaban J connectivity index is 2.27. The first-order chi connectivity index (χ1) is 8.58. The molecule has 3 nitrogen and oxygen atoms in total. The van der Waals surface area contributed by atoms with Crippen LogP contribution < -0.4 is 10.5 Å². The smallest absolute Gasteiger partial charge is 0.219 e. The van der Waals surface area contributed by atoms with Crippen molar-refractivity contribution in [3.63, 3.8) is 0 Å². The van der Waals surface area contributed by atoms with E-state index in [0.717, 1.165) is 27.0 Å². The number of nitrogens with two attached hydrogens (primary N) is 1. The quantitative estimate of drug-likeness (QED) is 0.940. The molecule has 0 aliphatic rings. The molecule has 4 heteroatoms. The largest absolute Gasteiger partial charge is 0.439 e. The highest BCUT2D eigenvalue weighted by Crippen LogP contribution is 2.25. The Kier molecular flexibility index (Phi) is 3.99. The number of aryl methyl sites for hydroxylation is 2. The van der Waals surface area contributed by atoms with Gasteiger partial charge in [-0.3, -0.25) is 0 Å². The lowest BCUT2D eigenvalue weighted by molar-refractivity contribution is 0.460. The van der Waals surface area contributed by atoms with Crippen LogP contribution in [-0.4, -0.2) is 4.98 Å². The number of halogens is 1. The Labute approximate surface area is 115 Å². The van der Waals surface area contributed by atoms with Crippen LogP contribution in [0, 0.1) is 13.8 Å². The third-order valence-electron chi connectivity index (χ3n) is 2.58. The SMILES string of the molecule is Cc1cc(CN)cc(Oc2ccc(Br)c(C)c2)n1. The first-order valence-corrected chi connectivity index (χ1v) is 6.49. The van der Waals surface area contributed by atoms with E-state index in [0.29, 0.717) is 12.4 Å². The molecule has 0 fully saturated rings. The highest BCUT2D eigenvalue weighted by molar-refractivity contribution is 9.10. The van der Waals surface area contributed by atoms with E-state index < -0.39 is 0 Å². The first kappa shape index (κ1) is 13.1. The van der Waals surface area contributed by atoms with Crippen molar-refractivity contribution in [2.45, 2.75) is 20.4 Å². The Bertz CT molecular complexity index is 570. The van der Waals surface area contributed by atoms with E-state index in [1.165, 1.54) is 0 Å². The lowest BCUT2D eigenvalue weighted by Crippen LogP contribution is -1.99. The van der Waals surface area contributed by atoms with Crippen LogP contribution in [0.3, 0.4) is 0 Å². The van der Waals surface area contributed by atoms with Crippen molar-refractivity contribution < 1.29 is 4.74 Å². The highest BCUT2D eigenvalue weighted by Gasteiger charge is 2.03. The molecule has 0 saturated heterocycles. The van der Waals surface area contributed by atoms with Crippen LogP contribution in [-0.2, 0) is 6.54 Å². The molecule has 94 valence electrons. The normalized spacial score (nSPS) is 10.4. The van der Waals surface area contributed by atoms with Crippen molar-refractivity contribution in [1.29, 1.82) is 0 Å². The van der Waals surface area contributed by atoms with E-state index in [1.807, 2.05) is 44.2 Å². The first-order valence-electron chi connectivity index (χ1n) is 5.70. The number of ether oxygens (including phenoxy) is 1. The molecule has 1 heterocycles. The van der Waals surface area contributed by atoms with Gasteiger partial charge in [-0.05, 0) is 49.2 Å². The van der Waals surface area contributed by atoms with Crippen LogP contribution in [0.25, 0.3) is 0 Å². The zero-order valence-corrected chi connectivity index (χ0v) is 12.0. The molecule has 1 aromatic heterocycles. The Morgan fingerprint density at radius 3 is 2.67 bits per heavy atom. The molecular weight excluding hydrogens is 292 g/mol. The van der Waals surface area contributed by atoms with Crippen LogP contribution in [0.15, 0.2) is 34.8 Å². The third kappa shape index (κ3) is 3.09. The van der Waals surface area contributed by atoms with Gasteiger partial charge < -0.3 is 10.5 Å². The summed E-state index contributed by atoms with van der Waals surface area (Å²) in [5.74, 6) is 1.36. The van der Waals surface area contributed by atoms with Gasteiger partial charge in [0.15, 0.2) is 0 Å². The summed E-state index contributed by atoms with van der Waals surface area (Å²) in [7, 11) is 0. The second-order valence-corrected chi connectivity index (χ2v) is 5.03. The number of hydrogen-bond acceptors (Lipinski definition) is 3. The zero-order chi connectivity index (χ0) is 13.1. The average molecular weight is 307 g/mol. The van der Waals surface area contributed by atoms with Crippen LogP contribution in [0.1, 0.15) is 16.8 Å². The summed E-state index contributed by atoms with van der Waals surface area (Å²) in [6.45, 7) is 4.43. The lowest BCUT2D eigenvalue weighted by atomic mass is 10.2. The molecule has 0 amide bonds. The predicted molar refractivity (Wildman–Crippen MR) is 75.8 cm³/mol. The van der Waals surface area contributed by atoms with Crippen molar-refractivity contribution >= 4 is 15.9 Å². The fourth-order valence-electron chi connectivity index (χ4n) is 1.68. The lowest BCUT2D eigenvalue weighted by Gasteiger charge is -2.08. The van der Waals surface area contributed by atoms with Gasteiger partial charge in [-0.2, -0.15) is 0 Å². The van der Waals surface area contributed by atoms with E-state index in [4.69, 9.17) is 10.5 Å². The summed E-state index contributed by atoms with van der Waals surface area (Å²) in [5, 5.41) is 0. The fraction of sp³-hybridized carbons (Fsp3) is 0.214. The van der Waals surface area contributed by atoms with Crippen molar-refractivity contribution in [2.24, 2.45) is 5.73 Å². The van der Waals surface area contributed by atoms with Gasteiger partial charge in [-0.25, -0.2) is 4.98 Å². The van der Waals surface area contributed by atoms with Crippen molar-refractivity contribution in [3.8, 4) is 11.6 Å². The molecule has 1 aromatic carbocycles. The molecule has 0 bridgehead atoms. The van der Waals surface area contributed by atoms with Crippen LogP contribution in [0.4, 0.5) is 0 Å². The number of benzene rings is 1. The molecule has 0 unspecified atom stereocenters. The summed E-state index contributed by atoms with van der Waals surface area (Å²) in [6, 6.07) is 9.66. The maximum Gasteiger partial charge on any atom is 0.219 e. The minimum absolute atomic E-state index is 0.485. The summed E-state index contributed by atoms with van der Waals surface area (Å²) in [4.78, 5) is 4.34. The van der Waals surface area contributed by atoms with Crippen LogP contribution in [0.5, 0.6) is 11.6 Å². The fourth-order valence-corrected chi connectivity index (χ4v) is 1.93. The standard InChI is InChI=1S/C14H15BrN2O/c1-9-5-12(3-4-13(9)15)18-14-7-11(8-16)6-10(2)17-14/h3-7H,8,16H2,1-2H3. The van der Waals surface area contributed by atoms with E-state index in [2.05, 4.69) is 20.9 Å². The van der Waals surface area contributed by atoms with E-state index in [9.17, 15) is 0 Å². The van der Waals surface area contributed by atoms with Gasteiger partial charge >= 0.3 is 0 Å². The Hall–Kier alpha value is -1.39. The zero-order valence-electron chi connectivity index (χ0n) is 10.4. The molecule has 2 N–H and O–H groups in total. The van der Waals surface area contributed by atoms with Gasteiger partial charge in [0.1, 0.15) is 5.75 Å². The topological polar surface area (TPSA) is 48.1 Å². The van der Waals surface area contributed by atoms with Crippen molar-refractivity contribution in [1.82, 2.24) is 4.98 Å². The second-order valence-electron chi connectivity index (χ2n) is 4.17. The van der Waals surface area contributed by atoms with E-state index in [-0.39, 0.29) is 0 Å². The number of hydrogen-bond donors (Lipinski definition) is 1. The second kappa shape index (κ2) is 5.50. The van der Waals surface area contributed by atoms with Crippen molar-refractivity contribution in [2.75, 3.05) is 0 Å². The van der Waals surface area contributed by atoms with Crippen molar-refractivity contribution in [3.05, 3.63) is 51.6 Å². The molecule has 0 aliphatic heterocycles. The number of aromatic nitrogens is 1. The van der Waals surface area contributed by atoms with Gasteiger partial charge in [0.25, 0.3) is 0 Å². The molecule has 0 spiro atoms. The van der Waals surface area contributed by atoms with Crippen LogP contribution >= 0.6 is 15.9 Å². The van der Waals surface area contributed by atoms with Crippen LogP contribution in [0.2, 0.25) is 0 Å². The minimum atomic E-state index is 0.485. The summed E-state index contributed by atoms with van der Waals surface area (Å²) >= 11 is 3.46. The molecule has 2 aromatic rings. The predicted octanol–water partition coefficient (Wildman–Crippen LogP) is 3.71. The summed E-state index contributed by atoms with van der Waals surface area (Å²) < 4.78 is 6.81. The van der Waals surface area contributed by atoms with Gasteiger partial charge in [-0.1, -0.05) is 15.9 Å². The molecule has 2 rings (SSSR count). The molecule has 0 atom stereocenters. The monoisotopic (exact) mass is 306 g/mol. The number of nitrogens with zero attached hydrogens (tertiary/aromatic N) is 1. The molecule has 0 saturated carbocycles. The number of rotatable bonds is 3. The van der Waals surface area contributed by atoms with Gasteiger partial charge in [0.2, 0.25) is 5.88 Å². The minimum Gasteiger partial charge on any atom is -0.439 e. The van der Waals surface area contributed by atoms with Gasteiger partial charge in [-0.15, -0.1) is 0 Å². The van der Waals surface area contributed by atoms with E-state index >= 15 is 0 Å². The Morgan fingerprint density at radius 2 is 2.00 bits per heavy atom. The summed E-state index contributed by atoms with van der Waals surface area (Å²) in [6.07, 6.45) is 0. The molecule has 18 heavy (non-hydrogen) atoms. The Morgan fingerprint density at radius 1 is 1.22 bits per heavy atom. The number of pyridine rings is 1. The maximum atomic E-state index is 5.75. The summed E-state index contributed by atoms with van der Waals surface area (Å²) in [5.41, 5.74) is 8.68.